The first-order chi connectivity index (χ1) is 7.29. The molecule has 0 spiro atoms. The first-order valence-electron chi connectivity index (χ1n) is 3.92. The largest absolute Gasteiger partial charge is 0.454 e. The maximum absolute atomic E-state index is 12.3. The number of carbonyl (C=O) groups excluding carboxylic acids is 1. The van der Waals surface area contributed by atoms with Crippen LogP contribution in [0.1, 0.15) is 10.4 Å². The zero-order chi connectivity index (χ0) is 12.5. The molecule has 0 radical (unpaired) electrons. The number of ketones is 1. The van der Waals surface area contributed by atoms with Crippen molar-refractivity contribution in [1.82, 2.24) is 0 Å². The number of Topliss-reactive ketones (excluding diaryl/α,β-unsaturated/α-hetero) is 1. The Kier molecular flexibility index (Phi) is 4.31. The van der Waals surface area contributed by atoms with E-state index in [1.165, 1.54) is 17.8 Å². The van der Waals surface area contributed by atoms with E-state index in [4.69, 9.17) is 11.6 Å². The summed E-state index contributed by atoms with van der Waals surface area (Å²) in [6, 6.07) is 2.82. The monoisotopic (exact) mass is 332 g/mol. The molecule has 0 amide bonds. The summed E-state index contributed by atoms with van der Waals surface area (Å²) < 4.78 is 37.0. The molecule has 1 nitrogen and oxygen atoms in total. The van der Waals surface area contributed by atoms with Crippen molar-refractivity contribution in [3.8, 4) is 0 Å². The third-order valence-corrected chi connectivity index (χ3v) is 3.94. The standard InChI is InChI=1S/C9H5BrClF3OS/c1-16-5-3-2-4(11)6(7(5)10)8(15)9(12,13)14/h2-3H,1H3. The van der Waals surface area contributed by atoms with E-state index in [1.807, 2.05) is 0 Å². The van der Waals surface area contributed by atoms with Gasteiger partial charge in [0.25, 0.3) is 5.78 Å². The Labute approximate surface area is 107 Å². The van der Waals surface area contributed by atoms with Crippen LogP contribution >= 0.6 is 39.3 Å². The SMILES string of the molecule is CSc1ccc(Cl)c(C(=O)C(F)(F)F)c1Br. The van der Waals surface area contributed by atoms with Crippen LogP contribution in [0.5, 0.6) is 0 Å². The lowest BCUT2D eigenvalue weighted by Gasteiger charge is -2.11. The minimum absolute atomic E-state index is 0.0785. The topological polar surface area (TPSA) is 17.1 Å². The Morgan fingerprint density at radius 3 is 2.44 bits per heavy atom. The summed E-state index contributed by atoms with van der Waals surface area (Å²) in [5, 5.41) is -0.216. The van der Waals surface area contributed by atoms with Gasteiger partial charge in [-0.1, -0.05) is 11.6 Å². The van der Waals surface area contributed by atoms with E-state index in [1.54, 1.807) is 12.3 Å². The lowest BCUT2D eigenvalue weighted by atomic mass is 10.1. The maximum Gasteiger partial charge on any atom is 0.454 e. The van der Waals surface area contributed by atoms with E-state index in [-0.39, 0.29) is 9.50 Å². The Hall–Kier alpha value is -0.200. The highest BCUT2D eigenvalue weighted by molar-refractivity contribution is 9.10. The molecule has 0 aliphatic heterocycles. The van der Waals surface area contributed by atoms with Crippen LogP contribution < -0.4 is 0 Å². The molecule has 0 heterocycles. The fourth-order valence-corrected chi connectivity index (χ4v) is 2.90. The minimum atomic E-state index is -4.93. The number of thioether (sulfide) groups is 1. The van der Waals surface area contributed by atoms with Crippen LogP contribution in [0.4, 0.5) is 13.2 Å². The van der Waals surface area contributed by atoms with Gasteiger partial charge in [-0.25, -0.2) is 0 Å². The normalized spacial score (nSPS) is 11.6. The van der Waals surface area contributed by atoms with Crippen LogP contribution in [-0.4, -0.2) is 18.2 Å². The third-order valence-electron chi connectivity index (χ3n) is 1.76. The van der Waals surface area contributed by atoms with Gasteiger partial charge in [0.2, 0.25) is 0 Å². The Morgan fingerprint density at radius 1 is 1.44 bits per heavy atom. The molecule has 1 aromatic carbocycles. The predicted octanol–water partition coefficient (Wildman–Crippen LogP) is 4.57. The summed E-state index contributed by atoms with van der Waals surface area (Å²) in [5.74, 6) is -1.94. The van der Waals surface area contributed by atoms with Crippen LogP contribution in [0.2, 0.25) is 5.02 Å². The molecule has 1 rings (SSSR count). The van der Waals surface area contributed by atoms with Crippen LogP contribution in [-0.2, 0) is 0 Å². The highest BCUT2D eigenvalue weighted by Gasteiger charge is 2.41. The van der Waals surface area contributed by atoms with Crippen molar-refractivity contribution >= 4 is 45.1 Å². The smallest absolute Gasteiger partial charge is 0.284 e. The number of hydrogen-bond donors (Lipinski definition) is 0. The van der Waals surface area contributed by atoms with Crippen molar-refractivity contribution < 1.29 is 18.0 Å². The van der Waals surface area contributed by atoms with E-state index < -0.39 is 17.5 Å². The van der Waals surface area contributed by atoms with Gasteiger partial charge >= 0.3 is 6.18 Å². The van der Waals surface area contributed by atoms with E-state index in [2.05, 4.69) is 15.9 Å². The summed E-state index contributed by atoms with van der Waals surface area (Å²) >= 11 is 9.78. The molecule has 0 aliphatic carbocycles. The molecule has 0 fully saturated rings. The van der Waals surface area contributed by atoms with Gasteiger partial charge in [-0.15, -0.1) is 11.8 Å². The van der Waals surface area contributed by atoms with Gasteiger partial charge in [0.15, 0.2) is 0 Å². The second-order valence-electron chi connectivity index (χ2n) is 2.77. The number of halogens is 5. The zero-order valence-corrected chi connectivity index (χ0v) is 11.0. The highest BCUT2D eigenvalue weighted by atomic mass is 79.9. The molecule has 0 saturated carbocycles. The van der Waals surface area contributed by atoms with Crippen molar-refractivity contribution in [3.63, 3.8) is 0 Å². The fourth-order valence-electron chi connectivity index (χ4n) is 1.04. The first-order valence-corrected chi connectivity index (χ1v) is 6.32. The molecule has 0 aromatic heterocycles. The van der Waals surface area contributed by atoms with Gasteiger partial charge in [0.05, 0.1) is 10.6 Å². The highest BCUT2D eigenvalue weighted by Crippen LogP contribution is 2.36. The number of carbonyl (C=O) groups is 1. The van der Waals surface area contributed by atoms with Gasteiger partial charge < -0.3 is 0 Å². The summed E-state index contributed by atoms with van der Waals surface area (Å²) in [4.78, 5) is 11.7. The first kappa shape index (κ1) is 13.9. The second-order valence-corrected chi connectivity index (χ2v) is 4.81. The molecular formula is C9H5BrClF3OS. The van der Waals surface area contributed by atoms with Gasteiger partial charge in [-0.3, -0.25) is 4.79 Å². The van der Waals surface area contributed by atoms with Crippen LogP contribution in [0, 0.1) is 0 Å². The number of alkyl halides is 3. The fraction of sp³-hybridized carbons (Fsp3) is 0.222. The van der Waals surface area contributed by atoms with E-state index in [9.17, 15) is 18.0 Å². The molecule has 0 saturated heterocycles. The van der Waals surface area contributed by atoms with Crippen molar-refractivity contribution in [1.29, 1.82) is 0 Å². The molecular weight excluding hydrogens is 329 g/mol. The van der Waals surface area contributed by atoms with Crippen molar-refractivity contribution in [2.24, 2.45) is 0 Å². The summed E-state index contributed by atoms with van der Waals surface area (Å²) in [5.41, 5.74) is -0.541. The second kappa shape index (κ2) is 4.98. The molecule has 16 heavy (non-hydrogen) atoms. The van der Waals surface area contributed by atoms with Gasteiger partial charge in [0, 0.05) is 9.37 Å². The van der Waals surface area contributed by atoms with Crippen LogP contribution in [0.25, 0.3) is 0 Å². The maximum atomic E-state index is 12.3. The molecule has 0 aliphatic rings. The van der Waals surface area contributed by atoms with E-state index in [0.29, 0.717) is 4.90 Å². The lowest BCUT2D eigenvalue weighted by molar-refractivity contribution is -0.0885. The van der Waals surface area contributed by atoms with Crippen molar-refractivity contribution in [3.05, 3.63) is 27.2 Å². The average Bonchev–Trinajstić information content (AvgIpc) is 2.16. The number of rotatable bonds is 2. The van der Waals surface area contributed by atoms with E-state index in [0.717, 1.165) is 0 Å². The molecule has 0 bridgehead atoms. The minimum Gasteiger partial charge on any atom is -0.284 e. The quantitative estimate of drug-likeness (QED) is 0.582. The molecule has 0 unspecified atom stereocenters. The molecule has 1 aromatic rings. The summed E-state index contributed by atoms with van der Waals surface area (Å²) in [6.45, 7) is 0. The predicted molar refractivity (Wildman–Crippen MR) is 61.3 cm³/mol. The van der Waals surface area contributed by atoms with Gasteiger partial charge in [-0.2, -0.15) is 13.2 Å². The Balaban J connectivity index is 3.38. The Bertz CT molecular complexity index is 433. The Morgan fingerprint density at radius 2 is 2.00 bits per heavy atom. The van der Waals surface area contributed by atoms with Gasteiger partial charge in [0.1, 0.15) is 0 Å². The average molecular weight is 334 g/mol. The summed E-state index contributed by atoms with van der Waals surface area (Å²) in [6.07, 6.45) is -3.24. The van der Waals surface area contributed by atoms with Crippen LogP contribution in [0.3, 0.4) is 0 Å². The molecule has 88 valence electrons. The zero-order valence-electron chi connectivity index (χ0n) is 7.86. The lowest BCUT2D eigenvalue weighted by Crippen LogP contribution is -2.23. The molecule has 7 heteroatoms. The molecule has 0 N–H and O–H groups in total. The van der Waals surface area contributed by atoms with E-state index >= 15 is 0 Å². The molecule has 0 atom stereocenters. The number of hydrogen-bond acceptors (Lipinski definition) is 2. The number of benzene rings is 1. The van der Waals surface area contributed by atoms with Crippen LogP contribution in [0.15, 0.2) is 21.5 Å². The van der Waals surface area contributed by atoms with Crippen molar-refractivity contribution in [2.75, 3.05) is 6.26 Å². The van der Waals surface area contributed by atoms with Crippen molar-refractivity contribution in [2.45, 2.75) is 11.1 Å². The third kappa shape index (κ3) is 2.73. The van der Waals surface area contributed by atoms with Gasteiger partial charge in [-0.05, 0) is 34.3 Å². The summed E-state index contributed by atoms with van der Waals surface area (Å²) in [7, 11) is 0.